The number of carbonyl (C=O) groups is 1. The van der Waals surface area contributed by atoms with Crippen molar-refractivity contribution < 1.29 is 9.53 Å². The van der Waals surface area contributed by atoms with E-state index >= 15 is 0 Å². The molecular weight excluding hydrogens is 222 g/mol. The fourth-order valence-electron chi connectivity index (χ4n) is 0.802. The van der Waals surface area contributed by atoms with E-state index in [4.69, 9.17) is 10.5 Å². The van der Waals surface area contributed by atoms with Crippen molar-refractivity contribution in [3.8, 4) is 5.75 Å². The van der Waals surface area contributed by atoms with Gasteiger partial charge in [-0.3, -0.25) is 4.79 Å². The molecule has 0 saturated heterocycles. The number of nitrogens with two attached hydrogens (primary N) is 1. The van der Waals surface area contributed by atoms with Crippen LogP contribution in [0.25, 0.3) is 0 Å². The predicted molar refractivity (Wildman–Crippen MR) is 49.4 cm³/mol. The van der Waals surface area contributed by atoms with Crippen LogP contribution < -0.4 is 10.5 Å². The Labute approximate surface area is 78.6 Å². The van der Waals surface area contributed by atoms with Gasteiger partial charge in [0.2, 0.25) is 5.91 Å². The number of ether oxygens (including phenoxy) is 1. The molecule has 12 heavy (non-hydrogen) atoms. The minimum atomic E-state index is -0.449. The molecule has 3 nitrogen and oxygen atoms in total. The van der Waals surface area contributed by atoms with Gasteiger partial charge in [0.05, 0.1) is 0 Å². The molecule has 0 spiro atoms. The van der Waals surface area contributed by atoms with Crippen molar-refractivity contribution in [2.75, 3.05) is 5.52 Å². The van der Waals surface area contributed by atoms with Gasteiger partial charge in [-0.05, 0) is 34.1 Å². The largest absolute Gasteiger partial charge is 0.482 e. The standard InChI is InChI=1S/C8H8BrNO2/c9-5-12-7-3-1-2-6(4-7)8(10)11/h1-4H,5H2,(H2,10,11). The molecule has 2 N–H and O–H groups in total. The van der Waals surface area contributed by atoms with Gasteiger partial charge in [-0.25, -0.2) is 0 Å². The number of primary amides is 1. The predicted octanol–water partition coefficient (Wildman–Crippen LogP) is 1.52. The molecule has 1 rings (SSSR count). The number of alkyl halides is 1. The first-order valence-electron chi connectivity index (χ1n) is 3.32. The number of carbonyl (C=O) groups excluding carboxylic acids is 1. The molecule has 0 heterocycles. The van der Waals surface area contributed by atoms with Crippen molar-refractivity contribution in [3.05, 3.63) is 29.8 Å². The molecule has 1 aromatic carbocycles. The zero-order valence-electron chi connectivity index (χ0n) is 6.29. The lowest BCUT2D eigenvalue weighted by molar-refractivity contribution is 0.1000. The minimum Gasteiger partial charge on any atom is -0.482 e. The van der Waals surface area contributed by atoms with Crippen LogP contribution in [0.5, 0.6) is 5.75 Å². The SMILES string of the molecule is NC(=O)c1cccc(OCBr)c1. The van der Waals surface area contributed by atoms with Gasteiger partial charge >= 0.3 is 0 Å². The molecule has 4 heteroatoms. The third kappa shape index (κ3) is 2.23. The summed E-state index contributed by atoms with van der Waals surface area (Å²) in [6.45, 7) is 0. The highest BCUT2D eigenvalue weighted by Gasteiger charge is 2.00. The molecule has 0 bridgehead atoms. The average Bonchev–Trinajstić information content (AvgIpc) is 2.05. The topological polar surface area (TPSA) is 52.3 Å². The summed E-state index contributed by atoms with van der Waals surface area (Å²) in [5.74, 6) is 0.179. The van der Waals surface area contributed by atoms with Crippen molar-refractivity contribution in [1.29, 1.82) is 0 Å². The lowest BCUT2D eigenvalue weighted by atomic mass is 10.2. The van der Waals surface area contributed by atoms with Crippen LogP contribution in [-0.4, -0.2) is 11.4 Å². The van der Waals surface area contributed by atoms with Crippen LogP contribution in [0.2, 0.25) is 0 Å². The summed E-state index contributed by atoms with van der Waals surface area (Å²) in [4.78, 5) is 10.7. The second kappa shape index (κ2) is 4.11. The van der Waals surface area contributed by atoms with Crippen molar-refractivity contribution in [2.24, 2.45) is 5.73 Å². The molecule has 64 valence electrons. The van der Waals surface area contributed by atoms with Crippen LogP contribution in [0.3, 0.4) is 0 Å². The van der Waals surface area contributed by atoms with Gasteiger partial charge in [-0.15, -0.1) is 0 Å². The zero-order chi connectivity index (χ0) is 8.97. The quantitative estimate of drug-likeness (QED) is 0.800. The molecule has 0 aliphatic heterocycles. The van der Waals surface area contributed by atoms with Crippen molar-refractivity contribution in [3.63, 3.8) is 0 Å². The van der Waals surface area contributed by atoms with Crippen LogP contribution in [0.4, 0.5) is 0 Å². The Morgan fingerprint density at radius 2 is 2.33 bits per heavy atom. The summed E-state index contributed by atoms with van der Waals surface area (Å²) < 4.78 is 5.11. The molecule has 0 radical (unpaired) electrons. The fraction of sp³-hybridized carbons (Fsp3) is 0.125. The van der Waals surface area contributed by atoms with E-state index < -0.39 is 5.91 Å². The van der Waals surface area contributed by atoms with Crippen LogP contribution in [0, 0.1) is 0 Å². The lowest BCUT2D eigenvalue weighted by Gasteiger charge is -2.02. The van der Waals surface area contributed by atoms with Crippen molar-refractivity contribution in [2.45, 2.75) is 0 Å². The van der Waals surface area contributed by atoms with E-state index in [-0.39, 0.29) is 0 Å². The molecule has 0 fully saturated rings. The number of hydrogen-bond donors (Lipinski definition) is 1. The summed E-state index contributed by atoms with van der Waals surface area (Å²) in [5, 5.41) is 0. The second-order valence-corrected chi connectivity index (χ2v) is 2.60. The van der Waals surface area contributed by atoms with Crippen LogP contribution >= 0.6 is 15.9 Å². The molecule has 0 atom stereocenters. The van der Waals surface area contributed by atoms with Gasteiger partial charge in [-0.1, -0.05) is 6.07 Å². The van der Waals surface area contributed by atoms with Crippen molar-refractivity contribution >= 4 is 21.8 Å². The van der Waals surface area contributed by atoms with E-state index in [9.17, 15) is 4.79 Å². The maximum Gasteiger partial charge on any atom is 0.248 e. The molecule has 1 amide bonds. The molecule has 1 aromatic rings. The Morgan fingerprint density at radius 3 is 2.92 bits per heavy atom. The fourth-order valence-corrected chi connectivity index (χ4v) is 1.07. The summed E-state index contributed by atoms with van der Waals surface area (Å²) in [7, 11) is 0. The summed E-state index contributed by atoms with van der Waals surface area (Å²) in [6.07, 6.45) is 0. The summed E-state index contributed by atoms with van der Waals surface area (Å²) in [6, 6.07) is 6.72. The average molecular weight is 230 g/mol. The minimum absolute atomic E-state index is 0.398. The highest BCUT2D eigenvalue weighted by molar-refractivity contribution is 9.09. The number of halogens is 1. The van der Waals surface area contributed by atoms with E-state index in [1.165, 1.54) is 0 Å². The van der Waals surface area contributed by atoms with E-state index in [0.29, 0.717) is 16.8 Å². The molecule has 0 aliphatic carbocycles. The highest BCUT2D eigenvalue weighted by Crippen LogP contribution is 2.13. The van der Waals surface area contributed by atoms with Gasteiger partial charge in [0, 0.05) is 5.56 Å². The smallest absolute Gasteiger partial charge is 0.248 e. The Balaban J connectivity index is 2.88. The first kappa shape index (κ1) is 9.06. The molecule has 0 saturated carbocycles. The van der Waals surface area contributed by atoms with Gasteiger partial charge in [0.25, 0.3) is 0 Å². The van der Waals surface area contributed by atoms with E-state index in [2.05, 4.69) is 15.9 Å². The number of rotatable bonds is 3. The maximum atomic E-state index is 10.7. The van der Waals surface area contributed by atoms with E-state index in [1.807, 2.05) is 0 Å². The molecule has 0 aliphatic rings. The van der Waals surface area contributed by atoms with E-state index in [1.54, 1.807) is 24.3 Å². The normalized spacial score (nSPS) is 9.42. The Hall–Kier alpha value is -1.03. The second-order valence-electron chi connectivity index (χ2n) is 2.15. The molecular formula is C8H8BrNO2. The van der Waals surface area contributed by atoms with Crippen LogP contribution in [0.15, 0.2) is 24.3 Å². The van der Waals surface area contributed by atoms with Crippen LogP contribution in [0.1, 0.15) is 10.4 Å². The van der Waals surface area contributed by atoms with Crippen LogP contribution in [-0.2, 0) is 0 Å². The van der Waals surface area contributed by atoms with Gasteiger partial charge in [0.1, 0.15) is 11.3 Å². The van der Waals surface area contributed by atoms with Gasteiger partial charge in [0.15, 0.2) is 0 Å². The maximum absolute atomic E-state index is 10.7. The Morgan fingerprint density at radius 1 is 1.58 bits per heavy atom. The molecule has 0 aromatic heterocycles. The van der Waals surface area contributed by atoms with Gasteiger partial charge < -0.3 is 10.5 Å². The Kier molecular flexibility index (Phi) is 3.10. The monoisotopic (exact) mass is 229 g/mol. The third-order valence-corrected chi connectivity index (χ3v) is 1.57. The number of hydrogen-bond acceptors (Lipinski definition) is 2. The van der Waals surface area contributed by atoms with Gasteiger partial charge in [-0.2, -0.15) is 0 Å². The number of benzene rings is 1. The first-order chi connectivity index (χ1) is 5.74. The summed E-state index contributed by atoms with van der Waals surface area (Å²) in [5.41, 5.74) is 5.92. The number of amides is 1. The lowest BCUT2D eigenvalue weighted by Crippen LogP contribution is -2.10. The van der Waals surface area contributed by atoms with E-state index in [0.717, 1.165) is 0 Å². The Bertz CT molecular complexity index is 288. The highest BCUT2D eigenvalue weighted by atomic mass is 79.9. The first-order valence-corrected chi connectivity index (χ1v) is 4.45. The summed E-state index contributed by atoms with van der Waals surface area (Å²) >= 11 is 3.11. The third-order valence-electron chi connectivity index (χ3n) is 1.34. The zero-order valence-corrected chi connectivity index (χ0v) is 7.87. The molecule has 0 unspecified atom stereocenters. The van der Waals surface area contributed by atoms with Crippen molar-refractivity contribution in [1.82, 2.24) is 0 Å².